The highest BCUT2D eigenvalue weighted by Gasteiger charge is 2.31. The van der Waals surface area contributed by atoms with E-state index < -0.39 is 0 Å². The van der Waals surface area contributed by atoms with Crippen molar-refractivity contribution in [3.8, 4) is 0 Å². The van der Waals surface area contributed by atoms with Crippen molar-refractivity contribution in [2.24, 2.45) is 11.3 Å². The Labute approximate surface area is 108 Å². The molecule has 0 spiro atoms. The summed E-state index contributed by atoms with van der Waals surface area (Å²) >= 11 is 0. The third-order valence-electron chi connectivity index (χ3n) is 2.70. The normalized spacial score (nSPS) is 15.1. The van der Waals surface area contributed by atoms with Crippen LogP contribution in [0.3, 0.4) is 0 Å². The summed E-state index contributed by atoms with van der Waals surface area (Å²) in [5.74, 6) is 0.972. The lowest BCUT2D eigenvalue weighted by Crippen LogP contribution is -2.50. The van der Waals surface area contributed by atoms with Gasteiger partial charge in [0.2, 0.25) is 0 Å². The number of hydrogen-bond acceptors (Lipinski definition) is 2. The average Bonchev–Trinajstić information content (AvgIpc) is 2.07. The first kappa shape index (κ1) is 16.6. The van der Waals surface area contributed by atoms with E-state index in [1.54, 1.807) is 0 Å². The van der Waals surface area contributed by atoms with Crippen molar-refractivity contribution in [3.05, 3.63) is 0 Å². The Bertz CT molecular complexity index is 243. The summed E-state index contributed by atoms with van der Waals surface area (Å²) in [6.07, 6.45) is 2.03. The minimum Gasteiger partial charge on any atom is -0.303 e. The summed E-state index contributed by atoms with van der Waals surface area (Å²) in [5, 5.41) is 3.47. The summed E-state index contributed by atoms with van der Waals surface area (Å²) in [7, 11) is 0. The second kappa shape index (κ2) is 5.99. The lowest BCUT2D eigenvalue weighted by atomic mass is 9.83. The predicted molar refractivity (Wildman–Crippen MR) is 75.2 cm³/mol. The van der Waals surface area contributed by atoms with Gasteiger partial charge in [0.15, 0.2) is 5.78 Å². The maximum Gasteiger partial charge on any atom is 0.155 e. The Morgan fingerprint density at radius 2 is 1.47 bits per heavy atom. The highest BCUT2D eigenvalue weighted by atomic mass is 16.1. The van der Waals surface area contributed by atoms with Gasteiger partial charge >= 0.3 is 0 Å². The van der Waals surface area contributed by atoms with Gasteiger partial charge in [0, 0.05) is 11.0 Å². The molecule has 102 valence electrons. The molecule has 0 saturated carbocycles. The van der Waals surface area contributed by atoms with E-state index in [4.69, 9.17) is 0 Å². The first-order chi connectivity index (χ1) is 7.43. The van der Waals surface area contributed by atoms with Crippen LogP contribution < -0.4 is 5.32 Å². The molecule has 0 aromatic rings. The van der Waals surface area contributed by atoms with Gasteiger partial charge in [0.1, 0.15) is 0 Å². The molecule has 0 radical (unpaired) electrons. The SMILES string of the molecule is CC(C)CC[C@H](NC(C)(C)C)C(=O)C(C)(C)C. The van der Waals surface area contributed by atoms with E-state index in [1.807, 2.05) is 20.8 Å². The molecule has 1 atom stereocenters. The Morgan fingerprint density at radius 1 is 1.00 bits per heavy atom. The topological polar surface area (TPSA) is 29.1 Å². The lowest BCUT2D eigenvalue weighted by Gasteiger charge is -2.32. The van der Waals surface area contributed by atoms with E-state index in [2.05, 4.69) is 39.9 Å². The van der Waals surface area contributed by atoms with Crippen molar-refractivity contribution >= 4 is 5.78 Å². The summed E-state index contributed by atoms with van der Waals surface area (Å²) in [6, 6.07) is -0.0163. The van der Waals surface area contributed by atoms with E-state index in [-0.39, 0.29) is 17.0 Å². The fourth-order valence-corrected chi connectivity index (χ4v) is 1.81. The molecule has 0 amide bonds. The minimum absolute atomic E-state index is 0.0114. The van der Waals surface area contributed by atoms with Crippen LogP contribution in [0.4, 0.5) is 0 Å². The molecule has 0 rings (SSSR count). The molecule has 0 aliphatic rings. The van der Waals surface area contributed by atoms with Crippen molar-refractivity contribution in [3.63, 3.8) is 0 Å². The Morgan fingerprint density at radius 3 is 1.76 bits per heavy atom. The second-order valence-corrected chi connectivity index (χ2v) is 7.53. The number of carbonyl (C=O) groups is 1. The van der Waals surface area contributed by atoms with Crippen molar-refractivity contribution in [1.29, 1.82) is 0 Å². The maximum atomic E-state index is 12.4. The number of Topliss-reactive ketones (excluding diaryl/α,β-unsaturated/α-hetero) is 1. The zero-order valence-electron chi connectivity index (χ0n) is 13.0. The van der Waals surface area contributed by atoms with Crippen molar-refractivity contribution in [1.82, 2.24) is 5.32 Å². The van der Waals surface area contributed by atoms with Crippen LogP contribution in [0.1, 0.15) is 68.2 Å². The molecule has 0 aromatic heterocycles. The third kappa shape index (κ3) is 7.54. The standard InChI is InChI=1S/C15H31NO/c1-11(2)9-10-12(16-15(6,7)8)13(17)14(3,4)5/h11-12,16H,9-10H2,1-8H3/t12-/m0/s1. The van der Waals surface area contributed by atoms with Gasteiger partial charge < -0.3 is 5.32 Å². The lowest BCUT2D eigenvalue weighted by molar-refractivity contribution is -0.129. The van der Waals surface area contributed by atoms with E-state index in [1.165, 1.54) is 0 Å². The van der Waals surface area contributed by atoms with Gasteiger partial charge in [0.05, 0.1) is 6.04 Å². The highest BCUT2D eigenvalue weighted by Crippen LogP contribution is 2.21. The maximum absolute atomic E-state index is 12.4. The van der Waals surface area contributed by atoms with Crippen LogP contribution in [0.25, 0.3) is 0 Å². The Balaban J connectivity index is 4.68. The van der Waals surface area contributed by atoms with E-state index in [0.29, 0.717) is 11.7 Å². The van der Waals surface area contributed by atoms with Crippen LogP contribution in [0.5, 0.6) is 0 Å². The van der Waals surface area contributed by atoms with Crippen LogP contribution >= 0.6 is 0 Å². The first-order valence-corrected chi connectivity index (χ1v) is 6.75. The molecule has 2 heteroatoms. The number of ketones is 1. The van der Waals surface area contributed by atoms with Gasteiger partial charge in [-0.1, -0.05) is 34.6 Å². The van der Waals surface area contributed by atoms with Gasteiger partial charge in [-0.15, -0.1) is 0 Å². The molecular weight excluding hydrogens is 210 g/mol. The second-order valence-electron chi connectivity index (χ2n) is 7.53. The van der Waals surface area contributed by atoms with Crippen LogP contribution in [-0.4, -0.2) is 17.4 Å². The Kier molecular flexibility index (Phi) is 5.86. The fraction of sp³-hybridized carbons (Fsp3) is 0.933. The van der Waals surface area contributed by atoms with Gasteiger partial charge in [-0.05, 0) is 39.5 Å². The van der Waals surface area contributed by atoms with Crippen molar-refractivity contribution in [2.75, 3.05) is 0 Å². The summed E-state index contributed by atoms with van der Waals surface area (Å²) < 4.78 is 0. The number of carbonyl (C=O) groups excluding carboxylic acids is 1. The largest absolute Gasteiger partial charge is 0.303 e. The van der Waals surface area contributed by atoms with Crippen LogP contribution in [-0.2, 0) is 4.79 Å². The molecule has 2 nitrogen and oxygen atoms in total. The van der Waals surface area contributed by atoms with Gasteiger partial charge in [-0.25, -0.2) is 0 Å². The molecular formula is C15H31NO. The highest BCUT2D eigenvalue weighted by molar-refractivity contribution is 5.88. The van der Waals surface area contributed by atoms with Gasteiger partial charge in [-0.2, -0.15) is 0 Å². The number of nitrogens with one attached hydrogen (secondary N) is 1. The molecule has 0 saturated heterocycles. The molecule has 0 aliphatic carbocycles. The average molecular weight is 241 g/mol. The molecule has 1 N–H and O–H groups in total. The summed E-state index contributed by atoms with van der Waals surface area (Å²) in [5.41, 5.74) is -0.275. The van der Waals surface area contributed by atoms with Gasteiger partial charge in [-0.3, -0.25) is 4.79 Å². The number of hydrogen-bond donors (Lipinski definition) is 1. The smallest absolute Gasteiger partial charge is 0.155 e. The Hall–Kier alpha value is -0.370. The van der Waals surface area contributed by atoms with Crippen LogP contribution in [0, 0.1) is 11.3 Å². The molecule has 0 bridgehead atoms. The molecule has 0 heterocycles. The third-order valence-corrected chi connectivity index (χ3v) is 2.70. The van der Waals surface area contributed by atoms with E-state index >= 15 is 0 Å². The van der Waals surface area contributed by atoms with Crippen molar-refractivity contribution < 1.29 is 4.79 Å². The summed E-state index contributed by atoms with van der Waals surface area (Å²) in [4.78, 5) is 12.4. The number of rotatable bonds is 5. The van der Waals surface area contributed by atoms with Crippen molar-refractivity contribution in [2.45, 2.75) is 79.8 Å². The van der Waals surface area contributed by atoms with Crippen LogP contribution in [0.15, 0.2) is 0 Å². The predicted octanol–water partition coefficient (Wildman–Crippen LogP) is 3.79. The molecule has 0 unspecified atom stereocenters. The monoisotopic (exact) mass is 241 g/mol. The quantitative estimate of drug-likeness (QED) is 0.793. The van der Waals surface area contributed by atoms with Crippen LogP contribution in [0.2, 0.25) is 0 Å². The zero-order chi connectivity index (χ0) is 13.9. The molecule has 0 aliphatic heterocycles. The first-order valence-electron chi connectivity index (χ1n) is 6.75. The fourth-order valence-electron chi connectivity index (χ4n) is 1.81. The van der Waals surface area contributed by atoms with E-state index in [9.17, 15) is 4.79 Å². The molecule has 0 fully saturated rings. The molecule has 0 aromatic carbocycles. The van der Waals surface area contributed by atoms with Gasteiger partial charge in [0.25, 0.3) is 0 Å². The molecule has 17 heavy (non-hydrogen) atoms. The summed E-state index contributed by atoms with van der Waals surface area (Å²) in [6.45, 7) is 16.8. The minimum atomic E-state index is -0.264. The van der Waals surface area contributed by atoms with E-state index in [0.717, 1.165) is 12.8 Å². The zero-order valence-corrected chi connectivity index (χ0v) is 13.0.